The summed E-state index contributed by atoms with van der Waals surface area (Å²) < 4.78 is 5.60. The summed E-state index contributed by atoms with van der Waals surface area (Å²) in [7, 11) is 0. The lowest BCUT2D eigenvalue weighted by Gasteiger charge is -2.18. The van der Waals surface area contributed by atoms with Crippen molar-refractivity contribution in [2.75, 3.05) is 12.5 Å². The zero-order valence-electron chi connectivity index (χ0n) is 15.5. The van der Waals surface area contributed by atoms with Crippen LogP contribution in [0.4, 0.5) is 4.79 Å². The van der Waals surface area contributed by atoms with Crippen LogP contribution in [0.25, 0.3) is 11.1 Å². The molecule has 0 fully saturated rings. The molecule has 3 aromatic rings. The molecule has 0 aliphatic heterocycles. The van der Waals surface area contributed by atoms with Gasteiger partial charge in [0, 0.05) is 17.8 Å². The number of halogens is 1. The second kappa shape index (κ2) is 8.49. The number of hydrogen-bond donors (Lipinski definition) is 1. The maximum absolute atomic E-state index is 12.4. The number of nitrogens with one attached hydrogen (secondary N) is 1. The number of carbonyl (C=O) groups is 1. The summed E-state index contributed by atoms with van der Waals surface area (Å²) >= 11 is 6.05. The monoisotopic (exact) mass is 391 g/mol. The molecule has 3 aromatic carbocycles. The van der Waals surface area contributed by atoms with Gasteiger partial charge >= 0.3 is 6.09 Å². The Hall–Kier alpha value is -2.78. The van der Waals surface area contributed by atoms with Gasteiger partial charge in [-0.2, -0.15) is 0 Å². The van der Waals surface area contributed by atoms with E-state index in [1.165, 1.54) is 22.3 Å². The van der Waals surface area contributed by atoms with Gasteiger partial charge in [0.05, 0.1) is 0 Å². The highest BCUT2D eigenvalue weighted by atomic mass is 35.5. The Morgan fingerprint density at radius 3 is 2.07 bits per heavy atom. The number of rotatable bonds is 6. The minimum Gasteiger partial charge on any atom is -0.449 e. The number of alkyl carbamates (subject to hydrolysis) is 1. The van der Waals surface area contributed by atoms with E-state index in [2.05, 4.69) is 29.6 Å². The van der Waals surface area contributed by atoms with Crippen LogP contribution in [0.1, 0.15) is 22.6 Å². The quantitative estimate of drug-likeness (QED) is 0.573. The minimum absolute atomic E-state index is 0.0572. The maximum atomic E-state index is 12.4. The van der Waals surface area contributed by atoms with Gasteiger partial charge in [-0.15, -0.1) is 11.6 Å². The van der Waals surface area contributed by atoms with E-state index < -0.39 is 6.09 Å². The van der Waals surface area contributed by atoms with Crippen LogP contribution in [-0.4, -0.2) is 24.6 Å². The summed E-state index contributed by atoms with van der Waals surface area (Å²) in [4.78, 5) is 12.4. The van der Waals surface area contributed by atoms with Gasteiger partial charge in [-0.05, 0) is 34.2 Å². The van der Waals surface area contributed by atoms with Gasteiger partial charge in [-0.1, -0.05) is 78.9 Å². The van der Waals surface area contributed by atoms with Crippen molar-refractivity contribution in [2.45, 2.75) is 18.4 Å². The van der Waals surface area contributed by atoms with Crippen LogP contribution in [0.15, 0.2) is 78.9 Å². The molecular weight excluding hydrogens is 370 g/mol. The predicted molar refractivity (Wildman–Crippen MR) is 113 cm³/mol. The lowest BCUT2D eigenvalue weighted by Crippen LogP contribution is -2.38. The molecule has 1 amide bonds. The van der Waals surface area contributed by atoms with Gasteiger partial charge in [0.2, 0.25) is 0 Å². The van der Waals surface area contributed by atoms with Crippen LogP contribution in [0.3, 0.4) is 0 Å². The molecule has 142 valence electrons. The number of carbonyl (C=O) groups excluding carboxylic acids is 1. The molecule has 0 heterocycles. The van der Waals surface area contributed by atoms with E-state index in [0.717, 1.165) is 5.56 Å². The third kappa shape index (κ3) is 3.90. The second-order valence-electron chi connectivity index (χ2n) is 7.01. The van der Waals surface area contributed by atoms with Gasteiger partial charge < -0.3 is 10.1 Å². The summed E-state index contributed by atoms with van der Waals surface area (Å²) in [5.41, 5.74) is 5.97. The predicted octanol–water partition coefficient (Wildman–Crippen LogP) is 5.38. The van der Waals surface area contributed by atoms with Crippen molar-refractivity contribution in [2.24, 2.45) is 0 Å². The molecule has 0 saturated heterocycles. The zero-order valence-corrected chi connectivity index (χ0v) is 16.2. The molecule has 0 spiro atoms. The van der Waals surface area contributed by atoms with Crippen molar-refractivity contribution in [3.63, 3.8) is 0 Å². The molecule has 0 bridgehead atoms. The largest absolute Gasteiger partial charge is 0.449 e. The first-order chi connectivity index (χ1) is 13.8. The van der Waals surface area contributed by atoms with E-state index in [4.69, 9.17) is 16.3 Å². The Kier molecular flexibility index (Phi) is 5.63. The normalized spacial score (nSPS) is 13.5. The standard InChI is InChI=1S/C24H22ClNO2/c25-15-18(14-17-8-2-1-3-9-17)26-24(27)28-16-23-21-12-6-4-10-19(21)20-11-5-7-13-22(20)23/h1-13,18,23H,14-16H2,(H,26,27)/t18-/m0/s1. The first kappa shape index (κ1) is 18.6. The van der Waals surface area contributed by atoms with Gasteiger partial charge in [0.15, 0.2) is 0 Å². The molecule has 0 saturated carbocycles. The summed E-state index contributed by atoms with van der Waals surface area (Å²) in [6.45, 7) is 0.306. The van der Waals surface area contributed by atoms with E-state index in [1.54, 1.807) is 0 Å². The first-order valence-electron chi connectivity index (χ1n) is 9.47. The summed E-state index contributed by atoms with van der Waals surface area (Å²) in [5, 5.41) is 2.89. The third-order valence-corrected chi connectivity index (χ3v) is 5.55. The molecule has 4 rings (SSSR count). The second-order valence-corrected chi connectivity index (χ2v) is 7.32. The average Bonchev–Trinajstić information content (AvgIpc) is 3.06. The van der Waals surface area contributed by atoms with E-state index in [-0.39, 0.29) is 12.0 Å². The molecule has 1 atom stereocenters. The molecule has 1 aliphatic carbocycles. The van der Waals surface area contributed by atoms with E-state index in [1.807, 2.05) is 54.6 Å². The molecule has 0 unspecified atom stereocenters. The van der Waals surface area contributed by atoms with Crippen molar-refractivity contribution < 1.29 is 9.53 Å². The number of fused-ring (bicyclic) bond motifs is 3. The van der Waals surface area contributed by atoms with Gasteiger partial charge in [-0.3, -0.25) is 0 Å². The number of amides is 1. The first-order valence-corrected chi connectivity index (χ1v) is 10.0. The molecule has 4 heteroatoms. The number of benzene rings is 3. The van der Waals surface area contributed by atoms with Crippen LogP contribution in [0.2, 0.25) is 0 Å². The Morgan fingerprint density at radius 2 is 1.46 bits per heavy atom. The third-order valence-electron chi connectivity index (χ3n) is 5.18. The molecule has 0 radical (unpaired) electrons. The summed E-state index contributed by atoms with van der Waals surface area (Å²) in [5.74, 6) is 0.390. The molecule has 1 aliphatic rings. The highest BCUT2D eigenvalue weighted by Gasteiger charge is 2.29. The van der Waals surface area contributed by atoms with Crippen molar-refractivity contribution in [1.82, 2.24) is 5.32 Å². The molecule has 1 N–H and O–H groups in total. The lowest BCUT2D eigenvalue weighted by atomic mass is 9.98. The van der Waals surface area contributed by atoms with Crippen molar-refractivity contribution in [3.05, 3.63) is 95.6 Å². The molecule has 0 aromatic heterocycles. The Balaban J connectivity index is 1.41. The van der Waals surface area contributed by atoms with Gasteiger partial charge in [0.25, 0.3) is 0 Å². The van der Waals surface area contributed by atoms with Crippen LogP contribution >= 0.6 is 11.6 Å². The highest BCUT2D eigenvalue weighted by molar-refractivity contribution is 6.18. The van der Waals surface area contributed by atoms with Crippen molar-refractivity contribution in [1.29, 1.82) is 0 Å². The van der Waals surface area contributed by atoms with Crippen LogP contribution in [0.5, 0.6) is 0 Å². The average molecular weight is 392 g/mol. The van der Waals surface area contributed by atoms with Crippen LogP contribution in [-0.2, 0) is 11.2 Å². The van der Waals surface area contributed by atoms with Gasteiger partial charge in [0.1, 0.15) is 6.61 Å². The van der Waals surface area contributed by atoms with Gasteiger partial charge in [-0.25, -0.2) is 4.79 Å². The van der Waals surface area contributed by atoms with Crippen LogP contribution < -0.4 is 5.32 Å². The summed E-state index contributed by atoms with van der Waals surface area (Å²) in [6.07, 6.45) is 0.248. The fourth-order valence-corrected chi connectivity index (χ4v) is 4.04. The number of ether oxygens (including phenoxy) is 1. The Labute approximate surface area is 170 Å². The smallest absolute Gasteiger partial charge is 0.407 e. The zero-order chi connectivity index (χ0) is 19.3. The summed E-state index contributed by atoms with van der Waals surface area (Å²) in [6, 6.07) is 26.4. The fraction of sp³-hybridized carbons (Fsp3) is 0.208. The Morgan fingerprint density at radius 1 is 0.893 bits per heavy atom. The lowest BCUT2D eigenvalue weighted by molar-refractivity contribution is 0.140. The van der Waals surface area contributed by atoms with E-state index in [9.17, 15) is 4.79 Å². The SMILES string of the molecule is O=C(N[C@H](CCl)Cc1ccccc1)OCC1c2ccccc2-c2ccccc21. The minimum atomic E-state index is -0.427. The van der Waals surface area contributed by atoms with E-state index >= 15 is 0 Å². The van der Waals surface area contributed by atoms with Crippen molar-refractivity contribution in [3.8, 4) is 11.1 Å². The molecule has 28 heavy (non-hydrogen) atoms. The van der Waals surface area contributed by atoms with Crippen molar-refractivity contribution >= 4 is 17.7 Å². The fourth-order valence-electron chi connectivity index (χ4n) is 3.85. The molecule has 3 nitrogen and oxygen atoms in total. The topological polar surface area (TPSA) is 38.3 Å². The Bertz CT molecular complexity index is 912. The van der Waals surface area contributed by atoms with E-state index in [0.29, 0.717) is 18.9 Å². The highest BCUT2D eigenvalue weighted by Crippen LogP contribution is 2.44. The molecular formula is C24H22ClNO2. The number of hydrogen-bond acceptors (Lipinski definition) is 2. The number of alkyl halides is 1. The van der Waals surface area contributed by atoms with Crippen LogP contribution in [0, 0.1) is 0 Å². The maximum Gasteiger partial charge on any atom is 0.407 e.